The van der Waals surface area contributed by atoms with E-state index in [1.165, 1.54) is 7.11 Å². The van der Waals surface area contributed by atoms with Crippen LogP contribution in [0.4, 0.5) is 4.79 Å². The SMILES string of the molecule is COC(=O)NCCCn1cc([C@@H](C)N(C(=O)[C@H]2CNCCO2)C2CC2)c2cnc(C)cc21. The maximum absolute atomic E-state index is 13.4. The van der Waals surface area contributed by atoms with Crippen LogP contribution < -0.4 is 10.6 Å². The van der Waals surface area contributed by atoms with E-state index in [1.807, 2.05) is 18.0 Å². The lowest BCUT2D eigenvalue weighted by atomic mass is 10.1. The van der Waals surface area contributed by atoms with Gasteiger partial charge in [-0.3, -0.25) is 9.78 Å². The van der Waals surface area contributed by atoms with E-state index < -0.39 is 12.2 Å². The van der Waals surface area contributed by atoms with Crippen LogP contribution in [-0.4, -0.2) is 71.9 Å². The van der Waals surface area contributed by atoms with Gasteiger partial charge in [0.05, 0.1) is 25.3 Å². The van der Waals surface area contributed by atoms with Crippen LogP contribution >= 0.6 is 0 Å². The van der Waals surface area contributed by atoms with Crippen molar-refractivity contribution in [1.29, 1.82) is 0 Å². The van der Waals surface area contributed by atoms with E-state index >= 15 is 0 Å². The second-order valence-corrected chi connectivity index (χ2v) is 8.61. The molecule has 1 saturated heterocycles. The Kier molecular flexibility index (Phi) is 6.95. The summed E-state index contributed by atoms with van der Waals surface area (Å²) in [6.45, 7) is 7.25. The molecule has 2 fully saturated rings. The van der Waals surface area contributed by atoms with Crippen LogP contribution in [0.3, 0.4) is 0 Å². The number of rotatable bonds is 8. The van der Waals surface area contributed by atoms with Gasteiger partial charge in [-0.05, 0) is 39.2 Å². The van der Waals surface area contributed by atoms with Crippen LogP contribution in [-0.2, 0) is 20.8 Å². The number of morpholine rings is 1. The van der Waals surface area contributed by atoms with Gasteiger partial charge in [0.2, 0.25) is 0 Å². The molecule has 1 aliphatic heterocycles. The summed E-state index contributed by atoms with van der Waals surface area (Å²) in [6, 6.07) is 2.27. The van der Waals surface area contributed by atoms with E-state index in [1.54, 1.807) is 0 Å². The first-order valence-electron chi connectivity index (χ1n) is 11.4. The van der Waals surface area contributed by atoms with Crippen molar-refractivity contribution in [3.8, 4) is 0 Å². The smallest absolute Gasteiger partial charge is 0.406 e. The summed E-state index contributed by atoms with van der Waals surface area (Å²) in [4.78, 5) is 31.2. The van der Waals surface area contributed by atoms with Gasteiger partial charge in [-0.25, -0.2) is 4.79 Å². The zero-order chi connectivity index (χ0) is 22.7. The fourth-order valence-electron chi connectivity index (χ4n) is 4.42. The summed E-state index contributed by atoms with van der Waals surface area (Å²) in [6.07, 6.45) is 6.03. The van der Waals surface area contributed by atoms with Crippen molar-refractivity contribution in [2.24, 2.45) is 0 Å². The number of aryl methyl sites for hydroxylation is 2. The van der Waals surface area contributed by atoms with Crippen molar-refractivity contribution in [1.82, 2.24) is 25.1 Å². The van der Waals surface area contributed by atoms with Gasteiger partial charge >= 0.3 is 6.09 Å². The lowest BCUT2D eigenvalue weighted by Gasteiger charge is -2.34. The molecule has 0 unspecified atom stereocenters. The van der Waals surface area contributed by atoms with Crippen molar-refractivity contribution in [2.45, 2.75) is 57.8 Å². The molecule has 0 aromatic carbocycles. The summed E-state index contributed by atoms with van der Waals surface area (Å²) in [5.41, 5.74) is 3.13. The third-order valence-corrected chi connectivity index (χ3v) is 6.23. The van der Waals surface area contributed by atoms with Crippen LogP contribution in [0.25, 0.3) is 10.9 Å². The highest BCUT2D eigenvalue weighted by atomic mass is 16.5. The minimum atomic E-state index is -0.426. The molecule has 3 heterocycles. The predicted octanol–water partition coefficient (Wildman–Crippen LogP) is 2.13. The Morgan fingerprint density at radius 1 is 1.44 bits per heavy atom. The van der Waals surface area contributed by atoms with Crippen LogP contribution in [0, 0.1) is 6.92 Å². The van der Waals surface area contributed by atoms with Crippen LogP contribution in [0.5, 0.6) is 0 Å². The number of alkyl carbamates (subject to hydrolysis) is 1. The maximum Gasteiger partial charge on any atom is 0.406 e. The zero-order valence-electron chi connectivity index (χ0n) is 19.1. The molecule has 0 spiro atoms. The second-order valence-electron chi connectivity index (χ2n) is 8.61. The van der Waals surface area contributed by atoms with Crippen molar-refractivity contribution >= 4 is 22.9 Å². The number of pyridine rings is 1. The number of nitrogens with one attached hydrogen (secondary N) is 2. The first-order valence-corrected chi connectivity index (χ1v) is 11.4. The number of amides is 2. The molecular weight excluding hydrogens is 410 g/mol. The number of carbonyl (C=O) groups excluding carboxylic acids is 2. The molecule has 2 aromatic heterocycles. The molecule has 9 heteroatoms. The second kappa shape index (κ2) is 9.87. The molecule has 1 saturated carbocycles. The Morgan fingerprint density at radius 2 is 2.25 bits per heavy atom. The Balaban J connectivity index is 1.57. The summed E-state index contributed by atoms with van der Waals surface area (Å²) in [5, 5.41) is 7.05. The third-order valence-electron chi connectivity index (χ3n) is 6.23. The Bertz CT molecular complexity index is 965. The minimum absolute atomic E-state index is 0.0652. The number of methoxy groups -OCH3 is 1. The quantitative estimate of drug-likeness (QED) is 0.607. The highest BCUT2D eigenvalue weighted by Crippen LogP contribution is 2.38. The number of ether oxygens (including phenoxy) is 2. The van der Waals surface area contributed by atoms with E-state index in [0.29, 0.717) is 19.7 Å². The molecule has 174 valence electrons. The first-order chi connectivity index (χ1) is 15.5. The molecule has 4 rings (SSSR count). The molecule has 2 N–H and O–H groups in total. The van der Waals surface area contributed by atoms with E-state index in [-0.39, 0.29) is 18.0 Å². The topological polar surface area (TPSA) is 97.7 Å². The molecule has 2 atom stereocenters. The third kappa shape index (κ3) is 4.88. The van der Waals surface area contributed by atoms with Crippen molar-refractivity contribution in [3.63, 3.8) is 0 Å². The maximum atomic E-state index is 13.4. The van der Waals surface area contributed by atoms with Gasteiger partial charge in [-0.15, -0.1) is 0 Å². The van der Waals surface area contributed by atoms with Crippen LogP contribution in [0.15, 0.2) is 18.5 Å². The number of hydrogen-bond acceptors (Lipinski definition) is 6. The van der Waals surface area contributed by atoms with Gasteiger partial charge in [0.1, 0.15) is 6.10 Å². The number of carbonyl (C=O) groups is 2. The van der Waals surface area contributed by atoms with Gasteiger partial charge in [0.25, 0.3) is 5.91 Å². The zero-order valence-corrected chi connectivity index (χ0v) is 19.1. The van der Waals surface area contributed by atoms with Gasteiger partial charge in [-0.2, -0.15) is 0 Å². The van der Waals surface area contributed by atoms with Crippen molar-refractivity contribution in [3.05, 3.63) is 29.7 Å². The number of nitrogens with zero attached hydrogens (tertiary/aromatic N) is 3. The summed E-state index contributed by atoms with van der Waals surface area (Å²) >= 11 is 0. The number of fused-ring (bicyclic) bond motifs is 1. The molecule has 0 radical (unpaired) electrons. The summed E-state index contributed by atoms with van der Waals surface area (Å²) < 4.78 is 12.6. The van der Waals surface area contributed by atoms with Crippen molar-refractivity contribution < 1.29 is 19.1 Å². The lowest BCUT2D eigenvalue weighted by molar-refractivity contribution is -0.148. The molecule has 0 bridgehead atoms. The average Bonchev–Trinajstić information content (AvgIpc) is 3.58. The van der Waals surface area contributed by atoms with E-state index in [4.69, 9.17) is 4.74 Å². The fourth-order valence-corrected chi connectivity index (χ4v) is 4.42. The normalized spacial score (nSPS) is 19.5. The van der Waals surface area contributed by atoms with Gasteiger partial charge < -0.3 is 29.6 Å². The molecule has 2 amide bonds. The largest absolute Gasteiger partial charge is 0.453 e. The lowest BCUT2D eigenvalue weighted by Crippen LogP contribution is -2.50. The van der Waals surface area contributed by atoms with Gasteiger partial charge in [0.15, 0.2) is 0 Å². The Labute approximate surface area is 188 Å². The standard InChI is InChI=1S/C23H33N5O4/c1-15-11-20-18(12-26-15)19(14-27(20)9-4-7-25-23(30)31-3)16(2)28(17-5-6-17)22(29)21-13-24-8-10-32-21/h11-12,14,16-17,21,24H,4-10,13H2,1-3H3,(H,25,30)/t16-,21-/m1/s1. The van der Waals surface area contributed by atoms with E-state index in [9.17, 15) is 9.59 Å². The minimum Gasteiger partial charge on any atom is -0.453 e. The van der Waals surface area contributed by atoms with E-state index in [2.05, 4.69) is 44.1 Å². The monoisotopic (exact) mass is 443 g/mol. The predicted molar refractivity (Wildman–Crippen MR) is 120 cm³/mol. The van der Waals surface area contributed by atoms with Gasteiger partial charge in [-0.1, -0.05) is 0 Å². The summed E-state index contributed by atoms with van der Waals surface area (Å²) in [7, 11) is 1.36. The first kappa shape index (κ1) is 22.5. The Hall–Kier alpha value is -2.65. The van der Waals surface area contributed by atoms with Crippen molar-refractivity contribution in [2.75, 3.05) is 33.4 Å². The number of hydrogen-bond donors (Lipinski definition) is 2. The molecule has 9 nitrogen and oxygen atoms in total. The average molecular weight is 444 g/mol. The molecule has 2 aliphatic rings. The molecule has 2 aromatic rings. The number of aromatic nitrogens is 2. The fraction of sp³-hybridized carbons (Fsp3) is 0.609. The molecule has 32 heavy (non-hydrogen) atoms. The molecule has 1 aliphatic carbocycles. The Morgan fingerprint density at radius 3 is 2.94 bits per heavy atom. The highest BCUT2D eigenvalue weighted by Gasteiger charge is 2.40. The summed E-state index contributed by atoms with van der Waals surface area (Å²) in [5.74, 6) is 0.0652. The van der Waals surface area contributed by atoms with E-state index in [0.717, 1.165) is 54.5 Å². The van der Waals surface area contributed by atoms with Crippen LogP contribution in [0.2, 0.25) is 0 Å². The highest BCUT2D eigenvalue weighted by molar-refractivity contribution is 5.86. The molecular formula is C23H33N5O4. The van der Waals surface area contributed by atoms with Gasteiger partial charge in [0, 0.05) is 61.3 Å². The van der Waals surface area contributed by atoms with Crippen LogP contribution in [0.1, 0.15) is 43.5 Å².